The van der Waals surface area contributed by atoms with Crippen LogP contribution in [0.4, 0.5) is 0 Å². The van der Waals surface area contributed by atoms with Crippen LogP contribution < -0.4 is 0 Å². The first kappa shape index (κ1) is 13.7. The molecule has 94 valence electrons. The molecule has 5 nitrogen and oxygen atoms in total. The second kappa shape index (κ2) is 5.78. The lowest BCUT2D eigenvalue weighted by atomic mass is 10.1. The van der Waals surface area contributed by atoms with Crippen molar-refractivity contribution >= 4 is 0 Å². The maximum atomic E-state index is 8.79. The number of methoxy groups -OCH3 is 1. The predicted molar refractivity (Wildman–Crippen MR) is 64.3 cm³/mol. The molecule has 0 saturated carbocycles. The highest BCUT2D eigenvalue weighted by atomic mass is 16.5. The van der Waals surface area contributed by atoms with E-state index in [-0.39, 0.29) is 18.6 Å². The molecule has 0 saturated heterocycles. The third-order valence-corrected chi connectivity index (χ3v) is 3.14. The average molecular weight is 236 g/mol. The Morgan fingerprint density at radius 2 is 2.00 bits per heavy atom. The second-order valence-electron chi connectivity index (χ2n) is 4.56. The van der Waals surface area contributed by atoms with Crippen LogP contribution in [-0.2, 0) is 11.2 Å². The van der Waals surface area contributed by atoms with Crippen molar-refractivity contribution in [3.63, 3.8) is 0 Å². The molecule has 0 bridgehead atoms. The van der Waals surface area contributed by atoms with Crippen molar-refractivity contribution in [1.82, 2.24) is 15.0 Å². The van der Waals surface area contributed by atoms with Crippen molar-refractivity contribution in [3.8, 4) is 6.07 Å². The first-order valence-electron chi connectivity index (χ1n) is 5.86. The van der Waals surface area contributed by atoms with Crippen LogP contribution in [0.5, 0.6) is 0 Å². The van der Waals surface area contributed by atoms with Crippen LogP contribution in [0.25, 0.3) is 0 Å². The van der Waals surface area contributed by atoms with Gasteiger partial charge in [-0.2, -0.15) is 5.26 Å². The molecular weight excluding hydrogens is 216 g/mol. The number of aromatic nitrogens is 3. The third-order valence-electron chi connectivity index (χ3n) is 3.14. The van der Waals surface area contributed by atoms with Crippen molar-refractivity contribution in [3.05, 3.63) is 11.4 Å². The molecule has 2 atom stereocenters. The molecule has 0 aliphatic carbocycles. The van der Waals surface area contributed by atoms with Crippen LogP contribution in [-0.4, -0.2) is 22.1 Å². The Balaban J connectivity index is 3.18. The van der Waals surface area contributed by atoms with Crippen LogP contribution in [0.15, 0.2) is 0 Å². The van der Waals surface area contributed by atoms with Gasteiger partial charge in [-0.05, 0) is 19.8 Å². The van der Waals surface area contributed by atoms with Gasteiger partial charge in [0.25, 0.3) is 0 Å². The normalized spacial score (nSPS) is 14.6. The summed E-state index contributed by atoms with van der Waals surface area (Å²) in [6.07, 6.45) is 0.169. The minimum absolute atomic E-state index is 0.102. The number of nitriles is 1. The van der Waals surface area contributed by atoms with Crippen LogP contribution in [0, 0.1) is 17.2 Å². The van der Waals surface area contributed by atoms with E-state index in [0.29, 0.717) is 11.6 Å². The molecule has 2 unspecified atom stereocenters. The second-order valence-corrected chi connectivity index (χ2v) is 4.56. The van der Waals surface area contributed by atoms with Gasteiger partial charge in [-0.3, -0.25) is 0 Å². The van der Waals surface area contributed by atoms with Crippen LogP contribution in [0.3, 0.4) is 0 Å². The molecule has 0 amide bonds. The van der Waals surface area contributed by atoms with Crippen molar-refractivity contribution < 1.29 is 4.74 Å². The van der Waals surface area contributed by atoms with Crippen molar-refractivity contribution in [1.29, 1.82) is 5.26 Å². The van der Waals surface area contributed by atoms with Gasteiger partial charge in [0.1, 0.15) is 5.69 Å². The molecule has 5 heteroatoms. The molecule has 0 aromatic carbocycles. The Kier molecular flexibility index (Phi) is 4.64. The Morgan fingerprint density at radius 1 is 1.35 bits per heavy atom. The van der Waals surface area contributed by atoms with E-state index in [1.54, 1.807) is 7.11 Å². The summed E-state index contributed by atoms with van der Waals surface area (Å²) >= 11 is 0. The van der Waals surface area contributed by atoms with E-state index in [1.807, 2.05) is 11.6 Å². The standard InChI is InChI=1S/C12H20N4O/c1-8(2)9(3)16-12(10(4)17-5)11(6-7-13)14-15-16/h8-10H,6H2,1-5H3. The van der Waals surface area contributed by atoms with Crippen molar-refractivity contribution in [2.45, 2.75) is 46.3 Å². The Morgan fingerprint density at radius 3 is 2.47 bits per heavy atom. The van der Waals surface area contributed by atoms with Gasteiger partial charge in [0, 0.05) is 7.11 Å². The average Bonchev–Trinajstić information content (AvgIpc) is 2.71. The van der Waals surface area contributed by atoms with Gasteiger partial charge in [-0.1, -0.05) is 19.1 Å². The first-order valence-corrected chi connectivity index (χ1v) is 5.86. The van der Waals surface area contributed by atoms with E-state index in [4.69, 9.17) is 10.00 Å². The van der Waals surface area contributed by atoms with E-state index in [0.717, 1.165) is 5.69 Å². The number of ether oxygens (including phenoxy) is 1. The van der Waals surface area contributed by atoms with Crippen molar-refractivity contribution in [2.75, 3.05) is 7.11 Å². The summed E-state index contributed by atoms with van der Waals surface area (Å²) in [5, 5.41) is 17.0. The molecule has 0 spiro atoms. The van der Waals surface area contributed by atoms with Gasteiger partial charge in [0.2, 0.25) is 0 Å². The Hall–Kier alpha value is -1.41. The van der Waals surface area contributed by atoms with E-state index < -0.39 is 0 Å². The summed E-state index contributed by atoms with van der Waals surface area (Å²) in [7, 11) is 1.65. The lowest BCUT2D eigenvalue weighted by Gasteiger charge is -2.21. The SMILES string of the molecule is COC(C)c1c(CC#N)nnn1C(C)C(C)C. The van der Waals surface area contributed by atoms with E-state index in [1.165, 1.54) is 0 Å². The Labute approximate surface area is 102 Å². The highest BCUT2D eigenvalue weighted by Crippen LogP contribution is 2.25. The molecule has 1 aromatic rings. The van der Waals surface area contributed by atoms with E-state index >= 15 is 0 Å². The zero-order valence-electron chi connectivity index (χ0n) is 11.1. The summed E-state index contributed by atoms with van der Waals surface area (Å²) in [5.41, 5.74) is 1.63. The van der Waals surface area contributed by atoms with Gasteiger partial charge in [-0.25, -0.2) is 4.68 Å². The fraction of sp³-hybridized carbons (Fsp3) is 0.750. The summed E-state index contributed by atoms with van der Waals surface area (Å²) in [5.74, 6) is 0.453. The smallest absolute Gasteiger partial charge is 0.103 e. The summed E-state index contributed by atoms with van der Waals surface area (Å²) in [4.78, 5) is 0. The fourth-order valence-electron chi connectivity index (χ4n) is 1.65. The molecule has 1 aromatic heterocycles. The molecule has 1 rings (SSSR count). The molecule has 0 aliphatic heterocycles. The molecule has 0 radical (unpaired) electrons. The highest BCUT2D eigenvalue weighted by molar-refractivity contribution is 5.17. The number of hydrogen-bond acceptors (Lipinski definition) is 4. The molecule has 0 aliphatic rings. The van der Waals surface area contributed by atoms with Gasteiger partial charge in [0.05, 0.1) is 30.3 Å². The monoisotopic (exact) mass is 236 g/mol. The van der Waals surface area contributed by atoms with E-state index in [2.05, 4.69) is 37.2 Å². The first-order chi connectivity index (χ1) is 8.02. The number of rotatable bonds is 5. The zero-order chi connectivity index (χ0) is 13.0. The third kappa shape index (κ3) is 2.83. The van der Waals surface area contributed by atoms with Crippen molar-refractivity contribution in [2.24, 2.45) is 5.92 Å². The molecule has 0 N–H and O–H groups in total. The molecule has 1 heterocycles. The van der Waals surface area contributed by atoms with Gasteiger partial charge in [0.15, 0.2) is 0 Å². The fourth-order valence-corrected chi connectivity index (χ4v) is 1.65. The number of hydrogen-bond donors (Lipinski definition) is 0. The maximum absolute atomic E-state index is 8.79. The number of nitrogens with zero attached hydrogens (tertiary/aromatic N) is 4. The lowest BCUT2D eigenvalue weighted by molar-refractivity contribution is 0.107. The Bertz CT molecular complexity index is 405. The van der Waals surface area contributed by atoms with E-state index in [9.17, 15) is 0 Å². The van der Waals surface area contributed by atoms with Crippen LogP contribution >= 0.6 is 0 Å². The summed E-state index contributed by atoms with van der Waals surface area (Å²) in [6, 6.07) is 2.35. The van der Waals surface area contributed by atoms with Crippen LogP contribution in [0.1, 0.15) is 51.2 Å². The largest absolute Gasteiger partial charge is 0.375 e. The van der Waals surface area contributed by atoms with Gasteiger partial charge in [-0.15, -0.1) is 5.10 Å². The molecule has 0 fully saturated rings. The zero-order valence-corrected chi connectivity index (χ0v) is 11.1. The van der Waals surface area contributed by atoms with Crippen LogP contribution in [0.2, 0.25) is 0 Å². The lowest BCUT2D eigenvalue weighted by Crippen LogP contribution is -2.18. The molecular formula is C12H20N4O. The topological polar surface area (TPSA) is 63.7 Å². The van der Waals surface area contributed by atoms with Gasteiger partial charge >= 0.3 is 0 Å². The minimum atomic E-state index is -0.102. The summed E-state index contributed by atoms with van der Waals surface area (Å²) in [6.45, 7) is 8.32. The summed E-state index contributed by atoms with van der Waals surface area (Å²) < 4.78 is 7.22. The predicted octanol–water partition coefficient (Wildman–Crippen LogP) is 2.27. The molecule has 17 heavy (non-hydrogen) atoms. The maximum Gasteiger partial charge on any atom is 0.103 e. The van der Waals surface area contributed by atoms with Gasteiger partial charge < -0.3 is 4.74 Å². The minimum Gasteiger partial charge on any atom is -0.375 e. The quantitative estimate of drug-likeness (QED) is 0.786. The highest BCUT2D eigenvalue weighted by Gasteiger charge is 2.23.